The van der Waals surface area contributed by atoms with Crippen LogP contribution in [-0.2, 0) is 4.79 Å². The molecular weight excluding hydrogens is 221 g/mol. The molecule has 2 unspecified atom stereocenters. The quantitative estimate of drug-likeness (QED) is 0.857. The molecule has 94 valence electrons. The zero-order valence-corrected chi connectivity index (χ0v) is 10.4. The van der Waals surface area contributed by atoms with E-state index in [2.05, 4.69) is 5.32 Å². The van der Waals surface area contributed by atoms with Crippen LogP contribution in [0.15, 0.2) is 24.3 Å². The van der Waals surface area contributed by atoms with Gasteiger partial charge in [0.1, 0.15) is 11.6 Å². The summed E-state index contributed by atoms with van der Waals surface area (Å²) >= 11 is 0. The number of amides is 1. The van der Waals surface area contributed by atoms with Crippen molar-refractivity contribution < 1.29 is 13.9 Å². The molecule has 0 radical (unpaired) electrons. The Morgan fingerprint density at radius 1 is 1.47 bits per heavy atom. The standard InChI is InChI=1S/C13H18FNO2/c1-4-9(2)15-13(16)10(3)17-12-7-5-6-11(14)8-12/h5-10H,4H2,1-3H3,(H,15,16). The van der Waals surface area contributed by atoms with Gasteiger partial charge in [-0.3, -0.25) is 4.79 Å². The molecule has 3 nitrogen and oxygen atoms in total. The molecule has 0 aliphatic rings. The van der Waals surface area contributed by atoms with Gasteiger partial charge in [-0.15, -0.1) is 0 Å². The third kappa shape index (κ3) is 4.43. The van der Waals surface area contributed by atoms with Crippen LogP contribution in [0.1, 0.15) is 27.2 Å². The molecule has 1 rings (SSSR count). The van der Waals surface area contributed by atoms with E-state index in [1.807, 2.05) is 13.8 Å². The highest BCUT2D eigenvalue weighted by molar-refractivity contribution is 5.80. The largest absolute Gasteiger partial charge is 0.481 e. The minimum atomic E-state index is -0.634. The van der Waals surface area contributed by atoms with E-state index in [1.165, 1.54) is 12.1 Å². The molecule has 1 aromatic carbocycles. The van der Waals surface area contributed by atoms with Crippen LogP contribution in [0.4, 0.5) is 4.39 Å². The van der Waals surface area contributed by atoms with Crippen LogP contribution in [0.3, 0.4) is 0 Å². The first-order valence-electron chi connectivity index (χ1n) is 5.75. The maximum Gasteiger partial charge on any atom is 0.260 e. The molecule has 0 saturated carbocycles. The molecule has 0 aromatic heterocycles. The first kappa shape index (κ1) is 13.5. The Bertz CT molecular complexity index is 381. The molecule has 1 N–H and O–H groups in total. The number of benzene rings is 1. The lowest BCUT2D eigenvalue weighted by molar-refractivity contribution is -0.127. The molecule has 0 aliphatic heterocycles. The van der Waals surface area contributed by atoms with Gasteiger partial charge in [-0.2, -0.15) is 0 Å². The van der Waals surface area contributed by atoms with Crippen LogP contribution in [0.25, 0.3) is 0 Å². The summed E-state index contributed by atoms with van der Waals surface area (Å²) < 4.78 is 18.3. The SMILES string of the molecule is CCC(C)NC(=O)C(C)Oc1cccc(F)c1. The summed E-state index contributed by atoms with van der Waals surface area (Å²) in [4.78, 5) is 11.7. The minimum Gasteiger partial charge on any atom is -0.481 e. The number of ether oxygens (including phenoxy) is 1. The van der Waals surface area contributed by atoms with Gasteiger partial charge in [0, 0.05) is 12.1 Å². The predicted octanol–water partition coefficient (Wildman–Crippen LogP) is 2.51. The first-order valence-corrected chi connectivity index (χ1v) is 5.75. The van der Waals surface area contributed by atoms with Crippen molar-refractivity contribution in [1.82, 2.24) is 5.32 Å². The van der Waals surface area contributed by atoms with Gasteiger partial charge in [0.2, 0.25) is 0 Å². The van der Waals surface area contributed by atoms with Crippen molar-refractivity contribution in [3.63, 3.8) is 0 Å². The predicted molar refractivity (Wildman–Crippen MR) is 64.4 cm³/mol. The fourth-order valence-electron chi connectivity index (χ4n) is 1.26. The van der Waals surface area contributed by atoms with Crippen LogP contribution in [-0.4, -0.2) is 18.1 Å². The number of hydrogen-bond donors (Lipinski definition) is 1. The first-order chi connectivity index (χ1) is 8.02. The van der Waals surface area contributed by atoms with E-state index in [0.29, 0.717) is 5.75 Å². The van der Waals surface area contributed by atoms with E-state index in [9.17, 15) is 9.18 Å². The van der Waals surface area contributed by atoms with Gasteiger partial charge in [-0.1, -0.05) is 13.0 Å². The van der Waals surface area contributed by atoms with Crippen LogP contribution in [0.2, 0.25) is 0 Å². The smallest absolute Gasteiger partial charge is 0.260 e. The number of carbonyl (C=O) groups excluding carboxylic acids is 1. The average molecular weight is 239 g/mol. The third-order valence-corrected chi connectivity index (χ3v) is 2.48. The van der Waals surface area contributed by atoms with Gasteiger partial charge in [-0.05, 0) is 32.4 Å². The average Bonchev–Trinajstić information content (AvgIpc) is 2.28. The Labute approximate surface area is 101 Å². The normalized spacial score (nSPS) is 13.9. The van der Waals surface area contributed by atoms with Gasteiger partial charge in [0.15, 0.2) is 6.10 Å². The summed E-state index contributed by atoms with van der Waals surface area (Å²) in [6, 6.07) is 5.87. The molecule has 1 aromatic rings. The Morgan fingerprint density at radius 2 is 2.18 bits per heavy atom. The van der Waals surface area contributed by atoms with E-state index in [1.54, 1.807) is 19.1 Å². The van der Waals surface area contributed by atoms with Crippen molar-refractivity contribution >= 4 is 5.91 Å². The van der Waals surface area contributed by atoms with Crippen molar-refractivity contribution in [2.45, 2.75) is 39.3 Å². The lowest BCUT2D eigenvalue weighted by Crippen LogP contribution is -2.40. The molecule has 4 heteroatoms. The van der Waals surface area contributed by atoms with Gasteiger partial charge >= 0.3 is 0 Å². The van der Waals surface area contributed by atoms with Gasteiger partial charge < -0.3 is 10.1 Å². The second kappa shape index (κ2) is 6.23. The summed E-state index contributed by atoms with van der Waals surface area (Å²) in [5.74, 6) is -0.211. The lowest BCUT2D eigenvalue weighted by atomic mass is 10.2. The van der Waals surface area contributed by atoms with E-state index < -0.39 is 6.10 Å². The molecule has 0 bridgehead atoms. The fraction of sp³-hybridized carbons (Fsp3) is 0.462. The maximum atomic E-state index is 12.9. The molecule has 0 aliphatic carbocycles. The van der Waals surface area contributed by atoms with E-state index >= 15 is 0 Å². The topological polar surface area (TPSA) is 38.3 Å². The summed E-state index contributed by atoms with van der Waals surface area (Å²) in [7, 11) is 0. The van der Waals surface area contributed by atoms with Crippen molar-refractivity contribution in [3.8, 4) is 5.75 Å². The molecule has 0 spiro atoms. The molecule has 2 atom stereocenters. The van der Waals surface area contributed by atoms with Crippen molar-refractivity contribution in [3.05, 3.63) is 30.1 Å². The van der Waals surface area contributed by atoms with Gasteiger partial charge in [0.05, 0.1) is 0 Å². The molecule has 1 amide bonds. The summed E-state index contributed by atoms with van der Waals surface area (Å²) in [5, 5.41) is 2.81. The maximum absolute atomic E-state index is 12.9. The molecule has 17 heavy (non-hydrogen) atoms. The van der Waals surface area contributed by atoms with Crippen molar-refractivity contribution in [1.29, 1.82) is 0 Å². The zero-order valence-electron chi connectivity index (χ0n) is 10.4. The van der Waals surface area contributed by atoms with Gasteiger partial charge in [0.25, 0.3) is 5.91 Å². The summed E-state index contributed by atoms with van der Waals surface area (Å²) in [6.45, 7) is 5.55. The Balaban J connectivity index is 2.54. The second-order valence-corrected chi connectivity index (χ2v) is 4.04. The third-order valence-electron chi connectivity index (χ3n) is 2.48. The van der Waals surface area contributed by atoms with Crippen LogP contribution >= 0.6 is 0 Å². The van der Waals surface area contributed by atoms with Gasteiger partial charge in [-0.25, -0.2) is 4.39 Å². The number of carbonyl (C=O) groups is 1. The number of halogens is 1. The molecule has 0 heterocycles. The summed E-state index contributed by atoms with van der Waals surface area (Å²) in [6.07, 6.45) is 0.226. The van der Waals surface area contributed by atoms with E-state index in [-0.39, 0.29) is 17.8 Å². The highest BCUT2D eigenvalue weighted by Gasteiger charge is 2.16. The van der Waals surface area contributed by atoms with Crippen LogP contribution in [0, 0.1) is 5.82 Å². The van der Waals surface area contributed by atoms with Crippen molar-refractivity contribution in [2.24, 2.45) is 0 Å². The molecule has 0 fully saturated rings. The number of rotatable bonds is 5. The zero-order chi connectivity index (χ0) is 12.8. The monoisotopic (exact) mass is 239 g/mol. The Kier molecular flexibility index (Phi) is 4.94. The Hall–Kier alpha value is -1.58. The molecule has 0 saturated heterocycles. The Morgan fingerprint density at radius 3 is 2.76 bits per heavy atom. The summed E-state index contributed by atoms with van der Waals surface area (Å²) in [5.41, 5.74) is 0. The highest BCUT2D eigenvalue weighted by Crippen LogP contribution is 2.13. The lowest BCUT2D eigenvalue weighted by Gasteiger charge is -2.17. The van der Waals surface area contributed by atoms with Crippen LogP contribution < -0.4 is 10.1 Å². The second-order valence-electron chi connectivity index (χ2n) is 4.04. The fourth-order valence-corrected chi connectivity index (χ4v) is 1.26. The number of hydrogen-bond acceptors (Lipinski definition) is 2. The van der Waals surface area contributed by atoms with E-state index in [4.69, 9.17) is 4.74 Å². The minimum absolute atomic E-state index is 0.112. The van der Waals surface area contributed by atoms with Crippen molar-refractivity contribution in [2.75, 3.05) is 0 Å². The highest BCUT2D eigenvalue weighted by atomic mass is 19.1. The molecular formula is C13H18FNO2. The number of nitrogens with one attached hydrogen (secondary N) is 1. The van der Waals surface area contributed by atoms with Crippen LogP contribution in [0.5, 0.6) is 5.75 Å². The van der Waals surface area contributed by atoms with E-state index in [0.717, 1.165) is 6.42 Å².